The first kappa shape index (κ1) is 17.2. The highest BCUT2D eigenvalue weighted by Gasteiger charge is 2.37. The number of anilines is 1. The number of phenols is 1. The fourth-order valence-corrected chi connectivity index (χ4v) is 3.90. The molecule has 2 aliphatic heterocycles. The Morgan fingerprint density at radius 3 is 2.92 bits per heavy atom. The second-order valence-electron chi connectivity index (χ2n) is 7.09. The normalized spacial score (nSPS) is 23.7. The van der Waals surface area contributed by atoms with Crippen LogP contribution in [0.25, 0.3) is 11.3 Å². The minimum absolute atomic E-state index is 0.217. The minimum Gasteiger partial charge on any atom is -0.504 e. The van der Waals surface area contributed by atoms with Gasteiger partial charge < -0.3 is 19.6 Å². The molecule has 2 atom stereocenters. The van der Waals surface area contributed by atoms with Gasteiger partial charge in [-0.2, -0.15) is 0 Å². The number of aryl methyl sites for hydroxylation is 1. The SMILES string of the molecule is Cc1cc(N2CCO[C@@H]3CCN(C)C[C@@H]32)nnc1-c1cccc(F)c1O. The molecule has 0 unspecified atom stereocenters. The molecule has 6 nitrogen and oxygen atoms in total. The average molecular weight is 358 g/mol. The quantitative estimate of drug-likeness (QED) is 0.888. The molecule has 0 radical (unpaired) electrons. The van der Waals surface area contributed by atoms with Crippen molar-refractivity contribution in [2.24, 2.45) is 0 Å². The Morgan fingerprint density at radius 1 is 1.27 bits per heavy atom. The Kier molecular flexibility index (Phi) is 4.50. The van der Waals surface area contributed by atoms with Crippen LogP contribution in [0.4, 0.5) is 10.2 Å². The molecular formula is C19H23FN4O2. The molecule has 7 heteroatoms. The van der Waals surface area contributed by atoms with Gasteiger partial charge >= 0.3 is 0 Å². The summed E-state index contributed by atoms with van der Waals surface area (Å²) in [6.45, 7) is 5.32. The Bertz CT molecular complexity index is 816. The lowest BCUT2D eigenvalue weighted by molar-refractivity contribution is -0.0246. The summed E-state index contributed by atoms with van der Waals surface area (Å²) in [7, 11) is 2.12. The van der Waals surface area contributed by atoms with E-state index in [1.54, 1.807) is 12.1 Å². The van der Waals surface area contributed by atoms with Crippen molar-refractivity contribution < 1.29 is 14.2 Å². The molecule has 1 N–H and O–H groups in total. The second-order valence-corrected chi connectivity index (χ2v) is 7.09. The Balaban J connectivity index is 1.66. The summed E-state index contributed by atoms with van der Waals surface area (Å²) in [5.74, 6) is -0.247. The molecule has 26 heavy (non-hydrogen) atoms. The second kappa shape index (κ2) is 6.81. The first-order chi connectivity index (χ1) is 12.5. The number of hydrogen-bond acceptors (Lipinski definition) is 6. The van der Waals surface area contributed by atoms with Crippen molar-refractivity contribution in [3.8, 4) is 17.0 Å². The van der Waals surface area contributed by atoms with Crippen molar-refractivity contribution in [2.75, 3.05) is 38.2 Å². The Hall–Kier alpha value is -2.25. The summed E-state index contributed by atoms with van der Waals surface area (Å²) in [5, 5.41) is 18.7. The van der Waals surface area contributed by atoms with Crippen molar-refractivity contribution in [1.82, 2.24) is 15.1 Å². The largest absolute Gasteiger partial charge is 0.504 e. The number of benzene rings is 1. The highest BCUT2D eigenvalue weighted by atomic mass is 19.1. The molecule has 0 amide bonds. The van der Waals surface area contributed by atoms with Gasteiger partial charge in [0.1, 0.15) is 0 Å². The van der Waals surface area contributed by atoms with Crippen LogP contribution in [0.2, 0.25) is 0 Å². The van der Waals surface area contributed by atoms with Crippen LogP contribution in [0, 0.1) is 12.7 Å². The third kappa shape index (κ3) is 3.01. The van der Waals surface area contributed by atoms with Crippen molar-refractivity contribution in [2.45, 2.75) is 25.5 Å². The maximum atomic E-state index is 13.7. The molecule has 2 aliphatic rings. The third-order valence-corrected chi connectivity index (χ3v) is 5.30. The summed E-state index contributed by atoms with van der Waals surface area (Å²) >= 11 is 0. The standard InChI is InChI=1S/C19H23FN4O2/c1-12-10-17(21-22-18(12)13-4-3-5-14(20)19(13)25)24-8-9-26-16-6-7-23(2)11-15(16)24/h3-5,10,15-16,25H,6-9,11H2,1-2H3/t15-,16+/m0/s1. The van der Waals surface area contributed by atoms with E-state index in [0.717, 1.165) is 37.4 Å². The highest BCUT2D eigenvalue weighted by molar-refractivity contribution is 5.70. The molecule has 2 aromatic rings. The van der Waals surface area contributed by atoms with E-state index in [1.165, 1.54) is 6.07 Å². The summed E-state index contributed by atoms with van der Waals surface area (Å²) in [6.07, 6.45) is 1.23. The number of para-hydroxylation sites is 1. The predicted molar refractivity (Wildman–Crippen MR) is 96.8 cm³/mol. The molecule has 0 aliphatic carbocycles. The van der Waals surface area contributed by atoms with Crippen LogP contribution in [0.3, 0.4) is 0 Å². The maximum Gasteiger partial charge on any atom is 0.165 e. The van der Waals surface area contributed by atoms with E-state index in [4.69, 9.17) is 4.74 Å². The number of likely N-dealkylation sites (N-methyl/N-ethyl adjacent to an activating group) is 1. The number of rotatable bonds is 2. The first-order valence-corrected chi connectivity index (χ1v) is 8.93. The smallest absolute Gasteiger partial charge is 0.165 e. The molecule has 0 saturated carbocycles. The molecule has 1 aromatic heterocycles. The van der Waals surface area contributed by atoms with Crippen LogP contribution >= 0.6 is 0 Å². The third-order valence-electron chi connectivity index (χ3n) is 5.30. The number of ether oxygens (including phenoxy) is 1. The number of hydrogen-bond donors (Lipinski definition) is 1. The average Bonchev–Trinajstić information content (AvgIpc) is 2.64. The molecule has 3 heterocycles. The van der Waals surface area contributed by atoms with Gasteiger partial charge in [-0.05, 0) is 44.2 Å². The lowest BCUT2D eigenvalue weighted by atomic mass is 9.99. The molecule has 0 spiro atoms. The van der Waals surface area contributed by atoms with Crippen molar-refractivity contribution in [3.63, 3.8) is 0 Å². The number of halogens is 1. The van der Waals surface area contributed by atoms with Gasteiger partial charge in [-0.3, -0.25) is 0 Å². The number of morpholine rings is 1. The zero-order chi connectivity index (χ0) is 18.3. The zero-order valence-electron chi connectivity index (χ0n) is 15.0. The first-order valence-electron chi connectivity index (χ1n) is 8.93. The number of piperidine rings is 1. The number of phenolic OH excluding ortho intramolecular Hbond substituents is 1. The zero-order valence-corrected chi connectivity index (χ0v) is 15.0. The topological polar surface area (TPSA) is 61.7 Å². The van der Waals surface area contributed by atoms with Crippen molar-refractivity contribution in [3.05, 3.63) is 35.6 Å². The Labute approximate surface area is 152 Å². The number of nitrogens with zero attached hydrogens (tertiary/aromatic N) is 4. The number of fused-ring (bicyclic) bond motifs is 1. The van der Waals surface area contributed by atoms with E-state index in [2.05, 4.69) is 27.0 Å². The van der Waals surface area contributed by atoms with E-state index in [9.17, 15) is 9.50 Å². The van der Waals surface area contributed by atoms with Gasteiger partial charge in [-0.15, -0.1) is 10.2 Å². The minimum atomic E-state index is -0.658. The maximum absolute atomic E-state index is 13.7. The Morgan fingerprint density at radius 2 is 2.12 bits per heavy atom. The lowest BCUT2D eigenvalue weighted by Gasteiger charge is -2.46. The highest BCUT2D eigenvalue weighted by Crippen LogP contribution is 2.33. The van der Waals surface area contributed by atoms with Crippen LogP contribution in [0.15, 0.2) is 24.3 Å². The number of aromatic hydroxyl groups is 1. The van der Waals surface area contributed by atoms with E-state index >= 15 is 0 Å². The molecule has 2 saturated heterocycles. The molecule has 138 valence electrons. The van der Waals surface area contributed by atoms with E-state index < -0.39 is 11.6 Å². The molecule has 2 fully saturated rings. The van der Waals surface area contributed by atoms with Gasteiger partial charge in [-0.1, -0.05) is 6.07 Å². The predicted octanol–water partition coefficient (Wildman–Crippen LogP) is 2.21. The molecule has 4 rings (SSSR count). The number of likely N-dealkylation sites (tertiary alicyclic amines) is 1. The van der Waals surface area contributed by atoms with E-state index in [1.807, 2.05) is 13.0 Å². The van der Waals surface area contributed by atoms with Crippen LogP contribution in [-0.4, -0.2) is 65.6 Å². The van der Waals surface area contributed by atoms with Crippen LogP contribution < -0.4 is 4.90 Å². The van der Waals surface area contributed by atoms with Gasteiger partial charge in [0, 0.05) is 25.2 Å². The van der Waals surface area contributed by atoms with Gasteiger partial charge in [0.25, 0.3) is 0 Å². The molecular weight excluding hydrogens is 335 g/mol. The fourth-order valence-electron chi connectivity index (χ4n) is 3.90. The monoisotopic (exact) mass is 358 g/mol. The van der Waals surface area contributed by atoms with Crippen molar-refractivity contribution in [1.29, 1.82) is 0 Å². The summed E-state index contributed by atoms with van der Waals surface area (Å²) in [6, 6.07) is 6.65. The van der Waals surface area contributed by atoms with Gasteiger partial charge in [0.15, 0.2) is 17.4 Å². The number of aromatic nitrogens is 2. The lowest BCUT2D eigenvalue weighted by Crippen LogP contribution is -2.59. The summed E-state index contributed by atoms with van der Waals surface area (Å²) in [4.78, 5) is 4.57. The summed E-state index contributed by atoms with van der Waals surface area (Å²) < 4.78 is 19.6. The van der Waals surface area contributed by atoms with Gasteiger partial charge in [0.2, 0.25) is 0 Å². The van der Waals surface area contributed by atoms with Crippen LogP contribution in [0.5, 0.6) is 5.75 Å². The van der Waals surface area contributed by atoms with Gasteiger partial charge in [0.05, 0.1) is 24.4 Å². The van der Waals surface area contributed by atoms with Crippen molar-refractivity contribution >= 4 is 5.82 Å². The summed E-state index contributed by atoms with van der Waals surface area (Å²) in [5.41, 5.74) is 1.71. The molecule has 0 bridgehead atoms. The van der Waals surface area contributed by atoms with Crippen LogP contribution in [-0.2, 0) is 4.74 Å². The molecule has 1 aromatic carbocycles. The van der Waals surface area contributed by atoms with E-state index in [-0.39, 0.29) is 12.1 Å². The van der Waals surface area contributed by atoms with Crippen LogP contribution in [0.1, 0.15) is 12.0 Å². The fraction of sp³-hybridized carbons (Fsp3) is 0.474. The van der Waals surface area contributed by atoms with Gasteiger partial charge in [-0.25, -0.2) is 4.39 Å². The van der Waals surface area contributed by atoms with E-state index in [0.29, 0.717) is 17.9 Å².